The predicted octanol–water partition coefficient (Wildman–Crippen LogP) is 3.82. The van der Waals surface area contributed by atoms with E-state index in [1.165, 1.54) is 0 Å². The molecule has 0 aliphatic carbocycles. The summed E-state index contributed by atoms with van der Waals surface area (Å²) in [5.74, 6) is 1.06. The molecule has 0 fully saturated rings. The maximum absolute atomic E-state index is 11.4. The normalized spacial score (nSPS) is 15.2. The van der Waals surface area contributed by atoms with Crippen molar-refractivity contribution in [2.45, 2.75) is 24.6 Å². The second-order valence-corrected chi connectivity index (χ2v) is 5.57. The Morgan fingerprint density at radius 1 is 1.42 bits per heavy atom. The van der Waals surface area contributed by atoms with Gasteiger partial charge in [-0.3, -0.25) is 4.79 Å². The second-order valence-electron chi connectivity index (χ2n) is 4.66. The van der Waals surface area contributed by atoms with Crippen molar-refractivity contribution in [3.05, 3.63) is 53.0 Å². The van der Waals surface area contributed by atoms with Gasteiger partial charge in [0, 0.05) is 17.7 Å². The number of fused-ring (bicyclic) bond motifs is 1. The molecule has 1 amide bonds. The number of hydrogen-bond acceptors (Lipinski definition) is 2. The van der Waals surface area contributed by atoms with E-state index in [2.05, 4.69) is 34.2 Å². The molecule has 1 unspecified atom stereocenters. The van der Waals surface area contributed by atoms with E-state index in [4.69, 9.17) is 4.42 Å². The quantitative estimate of drug-likeness (QED) is 0.874. The molecule has 4 heteroatoms. The van der Waals surface area contributed by atoms with Crippen molar-refractivity contribution in [1.82, 2.24) is 0 Å². The average Bonchev–Trinajstić information content (AvgIpc) is 3.01. The van der Waals surface area contributed by atoms with Gasteiger partial charge in [0.1, 0.15) is 5.76 Å². The van der Waals surface area contributed by atoms with Crippen LogP contribution in [0, 0.1) is 0 Å². The van der Waals surface area contributed by atoms with Gasteiger partial charge in [-0.1, -0.05) is 35.0 Å². The Morgan fingerprint density at radius 3 is 3.05 bits per heavy atom. The molecule has 3 rings (SSSR count). The molecule has 0 saturated carbocycles. The molecule has 1 aliphatic rings. The molecule has 0 spiro atoms. The number of carbonyl (C=O) groups excluding carboxylic acids is 1. The maximum Gasteiger partial charge on any atom is 0.228 e. The van der Waals surface area contributed by atoms with Crippen molar-refractivity contribution < 1.29 is 9.21 Å². The fourth-order valence-corrected chi connectivity index (χ4v) is 3.14. The second kappa shape index (κ2) is 4.85. The number of alkyl halides is 1. The summed E-state index contributed by atoms with van der Waals surface area (Å²) in [6, 6.07) is 8.08. The van der Waals surface area contributed by atoms with Crippen molar-refractivity contribution in [2.75, 3.05) is 5.32 Å². The highest BCUT2D eigenvalue weighted by Crippen LogP contribution is 2.36. The third-order valence-corrected chi connectivity index (χ3v) is 4.44. The van der Waals surface area contributed by atoms with Crippen molar-refractivity contribution >= 4 is 27.5 Å². The Bertz CT molecular complexity index is 633. The Hall–Kier alpha value is -1.55. The maximum atomic E-state index is 11.4. The molecular formula is C15H14BrNO2. The minimum Gasteiger partial charge on any atom is -0.469 e. The topological polar surface area (TPSA) is 42.2 Å². The molecule has 1 N–H and O–H groups in total. The van der Waals surface area contributed by atoms with Gasteiger partial charge in [0.15, 0.2) is 0 Å². The number of benzene rings is 1. The van der Waals surface area contributed by atoms with E-state index in [9.17, 15) is 4.79 Å². The summed E-state index contributed by atoms with van der Waals surface area (Å²) >= 11 is 3.72. The number of amides is 1. The Morgan fingerprint density at radius 2 is 2.26 bits per heavy atom. The van der Waals surface area contributed by atoms with Crippen LogP contribution in [0.1, 0.15) is 34.2 Å². The Balaban J connectivity index is 1.95. The largest absolute Gasteiger partial charge is 0.469 e. The molecule has 0 radical (unpaired) electrons. The molecule has 1 aliphatic heterocycles. The predicted molar refractivity (Wildman–Crippen MR) is 77.6 cm³/mol. The summed E-state index contributed by atoms with van der Waals surface area (Å²) in [4.78, 5) is 11.5. The van der Waals surface area contributed by atoms with Gasteiger partial charge in [0.05, 0.1) is 17.5 Å². The van der Waals surface area contributed by atoms with Gasteiger partial charge in [-0.05, 0) is 23.3 Å². The van der Waals surface area contributed by atoms with Crippen LogP contribution in [0.15, 0.2) is 34.9 Å². The lowest BCUT2D eigenvalue weighted by molar-refractivity contribution is -0.115. The zero-order chi connectivity index (χ0) is 13.4. The van der Waals surface area contributed by atoms with E-state index < -0.39 is 0 Å². The third kappa shape index (κ3) is 2.21. The molecule has 19 heavy (non-hydrogen) atoms. The molecule has 0 saturated heterocycles. The lowest BCUT2D eigenvalue weighted by atomic mass is 10.0. The lowest BCUT2D eigenvalue weighted by Crippen LogP contribution is -2.03. The van der Waals surface area contributed by atoms with Crippen LogP contribution >= 0.6 is 15.9 Å². The number of carbonyl (C=O) groups is 1. The van der Waals surface area contributed by atoms with Crippen LogP contribution in [-0.4, -0.2) is 5.91 Å². The SMILES string of the molecule is CCc1occc1C(Br)c1ccc2c(c1)CC(=O)N2. The highest BCUT2D eigenvalue weighted by molar-refractivity contribution is 9.09. The fraction of sp³-hybridized carbons (Fsp3) is 0.267. The van der Waals surface area contributed by atoms with Crippen LogP contribution in [-0.2, 0) is 17.6 Å². The summed E-state index contributed by atoms with van der Waals surface area (Å²) in [5, 5.41) is 2.85. The summed E-state index contributed by atoms with van der Waals surface area (Å²) in [6.07, 6.45) is 3.06. The average molecular weight is 320 g/mol. The molecular weight excluding hydrogens is 306 g/mol. The number of hydrogen-bond donors (Lipinski definition) is 1. The van der Waals surface area contributed by atoms with E-state index in [0.717, 1.165) is 34.6 Å². The van der Waals surface area contributed by atoms with E-state index in [1.54, 1.807) is 6.26 Å². The van der Waals surface area contributed by atoms with Crippen molar-refractivity contribution in [3.8, 4) is 0 Å². The van der Waals surface area contributed by atoms with Gasteiger partial charge in [-0.2, -0.15) is 0 Å². The summed E-state index contributed by atoms with van der Waals surface area (Å²) < 4.78 is 5.47. The summed E-state index contributed by atoms with van der Waals surface area (Å²) in [5.41, 5.74) is 4.29. The molecule has 3 nitrogen and oxygen atoms in total. The number of halogens is 1. The van der Waals surface area contributed by atoms with Crippen LogP contribution in [0.5, 0.6) is 0 Å². The Kier molecular flexibility index (Phi) is 3.19. The molecule has 2 heterocycles. The van der Waals surface area contributed by atoms with Gasteiger partial charge in [-0.25, -0.2) is 0 Å². The third-order valence-electron chi connectivity index (χ3n) is 3.42. The van der Waals surface area contributed by atoms with Gasteiger partial charge < -0.3 is 9.73 Å². The molecule has 1 aromatic heterocycles. The standard InChI is InChI=1S/C15H14BrNO2/c1-2-13-11(5-6-19-13)15(16)9-3-4-12-10(7-9)8-14(18)17-12/h3-7,15H,2,8H2,1H3,(H,17,18). The van der Waals surface area contributed by atoms with E-state index in [1.807, 2.05) is 18.2 Å². The minimum absolute atomic E-state index is 0.0656. The first kappa shape index (κ1) is 12.5. The number of aryl methyl sites for hydroxylation is 1. The van der Waals surface area contributed by atoms with Crippen molar-refractivity contribution in [1.29, 1.82) is 0 Å². The zero-order valence-corrected chi connectivity index (χ0v) is 12.2. The monoisotopic (exact) mass is 319 g/mol. The minimum atomic E-state index is 0.0656. The van der Waals surface area contributed by atoms with Crippen LogP contribution in [0.4, 0.5) is 5.69 Å². The van der Waals surface area contributed by atoms with E-state index in [0.29, 0.717) is 6.42 Å². The van der Waals surface area contributed by atoms with Gasteiger partial charge >= 0.3 is 0 Å². The molecule has 1 atom stereocenters. The summed E-state index contributed by atoms with van der Waals surface area (Å²) in [6.45, 7) is 2.08. The molecule has 1 aromatic carbocycles. The number of anilines is 1. The van der Waals surface area contributed by atoms with Crippen molar-refractivity contribution in [2.24, 2.45) is 0 Å². The first-order chi connectivity index (χ1) is 9.19. The lowest BCUT2D eigenvalue weighted by Gasteiger charge is -2.11. The van der Waals surface area contributed by atoms with E-state index >= 15 is 0 Å². The van der Waals surface area contributed by atoms with Crippen molar-refractivity contribution in [3.63, 3.8) is 0 Å². The van der Waals surface area contributed by atoms with Crippen LogP contribution in [0.3, 0.4) is 0 Å². The number of rotatable bonds is 3. The molecule has 2 aromatic rings. The number of nitrogens with one attached hydrogen (secondary N) is 1. The highest BCUT2D eigenvalue weighted by Gasteiger charge is 2.21. The summed E-state index contributed by atoms with van der Waals surface area (Å²) in [7, 11) is 0. The first-order valence-corrected chi connectivity index (χ1v) is 7.23. The molecule has 98 valence electrons. The van der Waals surface area contributed by atoms with Crippen LogP contribution < -0.4 is 5.32 Å². The van der Waals surface area contributed by atoms with Gasteiger partial charge in [0.25, 0.3) is 0 Å². The van der Waals surface area contributed by atoms with Crippen LogP contribution in [0.2, 0.25) is 0 Å². The number of furan rings is 1. The first-order valence-electron chi connectivity index (χ1n) is 6.32. The van der Waals surface area contributed by atoms with Crippen LogP contribution in [0.25, 0.3) is 0 Å². The molecule has 0 bridgehead atoms. The van der Waals surface area contributed by atoms with Gasteiger partial charge in [0.2, 0.25) is 5.91 Å². The Labute approximate surface area is 120 Å². The fourth-order valence-electron chi connectivity index (χ4n) is 2.45. The van der Waals surface area contributed by atoms with E-state index in [-0.39, 0.29) is 10.7 Å². The smallest absolute Gasteiger partial charge is 0.228 e. The van der Waals surface area contributed by atoms with Gasteiger partial charge in [-0.15, -0.1) is 0 Å². The zero-order valence-electron chi connectivity index (χ0n) is 10.6. The highest BCUT2D eigenvalue weighted by atomic mass is 79.9.